The van der Waals surface area contributed by atoms with E-state index in [1.807, 2.05) is 19.3 Å². The van der Waals surface area contributed by atoms with Crippen molar-refractivity contribution in [1.82, 2.24) is 15.3 Å². The molecular formula is C13H20N4O. The van der Waals surface area contributed by atoms with Crippen LogP contribution < -0.4 is 10.6 Å². The number of nitrogens with one attached hydrogen (secondary N) is 2. The molecule has 2 N–H and O–H groups in total. The molecular weight excluding hydrogens is 228 g/mol. The maximum atomic E-state index is 5.89. The summed E-state index contributed by atoms with van der Waals surface area (Å²) in [5.41, 5.74) is 1.22. The van der Waals surface area contributed by atoms with Crippen LogP contribution in [-0.2, 0) is 4.74 Å². The lowest BCUT2D eigenvalue weighted by Gasteiger charge is -2.43. The number of nitrogens with zero attached hydrogens (tertiary/aromatic N) is 2. The van der Waals surface area contributed by atoms with Crippen LogP contribution in [0.1, 0.15) is 18.4 Å². The van der Waals surface area contributed by atoms with Crippen LogP contribution in [0.4, 0.5) is 5.95 Å². The number of hydrogen-bond donors (Lipinski definition) is 2. The van der Waals surface area contributed by atoms with Crippen molar-refractivity contribution in [3.63, 3.8) is 0 Å². The Kier molecular flexibility index (Phi) is 3.18. The fourth-order valence-electron chi connectivity index (χ4n) is 2.80. The molecule has 5 heteroatoms. The van der Waals surface area contributed by atoms with Gasteiger partial charge in [0.15, 0.2) is 0 Å². The van der Waals surface area contributed by atoms with Crippen molar-refractivity contribution < 1.29 is 4.74 Å². The third kappa shape index (κ3) is 2.20. The van der Waals surface area contributed by atoms with Gasteiger partial charge in [-0.2, -0.15) is 0 Å². The molecule has 1 spiro atoms. The molecule has 18 heavy (non-hydrogen) atoms. The summed E-state index contributed by atoms with van der Waals surface area (Å²) in [7, 11) is 0. The summed E-state index contributed by atoms with van der Waals surface area (Å²) in [5, 5.41) is 6.60. The quantitative estimate of drug-likeness (QED) is 0.831. The number of aryl methyl sites for hydroxylation is 1. The highest BCUT2D eigenvalue weighted by Crippen LogP contribution is 2.37. The first-order chi connectivity index (χ1) is 8.78. The summed E-state index contributed by atoms with van der Waals surface area (Å²) in [5.74, 6) is 1.39. The zero-order chi connectivity index (χ0) is 12.4. The van der Waals surface area contributed by atoms with Crippen molar-refractivity contribution in [1.29, 1.82) is 0 Å². The van der Waals surface area contributed by atoms with Crippen LogP contribution in [0.5, 0.6) is 0 Å². The molecule has 1 aromatic rings. The van der Waals surface area contributed by atoms with E-state index in [0.29, 0.717) is 5.92 Å². The van der Waals surface area contributed by atoms with Gasteiger partial charge in [-0.05, 0) is 31.2 Å². The van der Waals surface area contributed by atoms with Gasteiger partial charge >= 0.3 is 0 Å². The Morgan fingerprint density at radius 1 is 1.44 bits per heavy atom. The van der Waals surface area contributed by atoms with Gasteiger partial charge in [0, 0.05) is 38.6 Å². The van der Waals surface area contributed by atoms with Gasteiger partial charge in [0.05, 0.1) is 5.60 Å². The van der Waals surface area contributed by atoms with E-state index < -0.39 is 0 Å². The molecule has 0 radical (unpaired) electrons. The minimum atomic E-state index is 0.135. The van der Waals surface area contributed by atoms with Gasteiger partial charge in [0.25, 0.3) is 0 Å². The maximum absolute atomic E-state index is 5.89. The first kappa shape index (κ1) is 11.9. The lowest BCUT2D eigenvalue weighted by molar-refractivity contribution is -0.0621. The van der Waals surface area contributed by atoms with Crippen LogP contribution in [0.3, 0.4) is 0 Å². The molecule has 3 heterocycles. The van der Waals surface area contributed by atoms with Crippen molar-refractivity contribution >= 4 is 5.95 Å². The third-order valence-corrected chi connectivity index (χ3v) is 4.01. The Labute approximate surface area is 107 Å². The Balaban J connectivity index is 1.48. The Morgan fingerprint density at radius 3 is 2.89 bits per heavy atom. The Bertz CT molecular complexity index is 402. The van der Waals surface area contributed by atoms with E-state index in [4.69, 9.17) is 4.74 Å². The summed E-state index contributed by atoms with van der Waals surface area (Å²) in [6.07, 6.45) is 5.98. The van der Waals surface area contributed by atoms with Crippen LogP contribution in [0.2, 0.25) is 0 Å². The molecule has 98 valence electrons. The van der Waals surface area contributed by atoms with Gasteiger partial charge in [0.1, 0.15) is 0 Å². The van der Waals surface area contributed by atoms with Gasteiger partial charge in [-0.1, -0.05) is 0 Å². The van der Waals surface area contributed by atoms with Gasteiger partial charge in [-0.3, -0.25) is 0 Å². The van der Waals surface area contributed by atoms with Crippen molar-refractivity contribution in [3.8, 4) is 0 Å². The molecule has 0 saturated carbocycles. The molecule has 2 fully saturated rings. The lowest BCUT2D eigenvalue weighted by atomic mass is 9.80. The third-order valence-electron chi connectivity index (χ3n) is 4.01. The smallest absolute Gasteiger partial charge is 0.222 e. The molecule has 2 aliphatic heterocycles. The first-order valence-corrected chi connectivity index (χ1v) is 6.66. The fourth-order valence-corrected chi connectivity index (χ4v) is 2.80. The van der Waals surface area contributed by atoms with Gasteiger partial charge < -0.3 is 15.4 Å². The number of rotatable bonds is 4. The highest BCUT2D eigenvalue weighted by molar-refractivity contribution is 5.24. The molecule has 0 aromatic carbocycles. The number of hydrogen-bond acceptors (Lipinski definition) is 5. The summed E-state index contributed by atoms with van der Waals surface area (Å²) in [6, 6.07) is 0. The van der Waals surface area contributed by atoms with E-state index in [2.05, 4.69) is 20.6 Å². The SMILES string of the molecule is Cc1cnc(NCC[C@H]2CCOC23CNC3)nc1. The van der Waals surface area contributed by atoms with Crippen LogP contribution in [-0.4, -0.2) is 41.8 Å². The average molecular weight is 248 g/mol. The molecule has 1 atom stereocenters. The van der Waals surface area contributed by atoms with E-state index in [9.17, 15) is 0 Å². The molecule has 0 aliphatic carbocycles. The maximum Gasteiger partial charge on any atom is 0.222 e. The van der Waals surface area contributed by atoms with E-state index in [1.165, 1.54) is 6.42 Å². The van der Waals surface area contributed by atoms with Crippen molar-refractivity contribution in [2.45, 2.75) is 25.4 Å². The average Bonchev–Trinajstić information content (AvgIpc) is 2.75. The monoisotopic (exact) mass is 248 g/mol. The van der Waals surface area contributed by atoms with Crippen molar-refractivity contribution in [3.05, 3.63) is 18.0 Å². The van der Waals surface area contributed by atoms with Crippen molar-refractivity contribution in [2.75, 3.05) is 31.6 Å². The first-order valence-electron chi connectivity index (χ1n) is 6.66. The number of aromatic nitrogens is 2. The van der Waals surface area contributed by atoms with E-state index in [1.54, 1.807) is 0 Å². The minimum absolute atomic E-state index is 0.135. The fraction of sp³-hybridized carbons (Fsp3) is 0.692. The minimum Gasteiger partial charge on any atom is -0.372 e. The predicted molar refractivity (Wildman–Crippen MR) is 69.5 cm³/mol. The molecule has 3 rings (SSSR count). The van der Waals surface area contributed by atoms with Crippen LogP contribution in [0.25, 0.3) is 0 Å². The standard InChI is InChI=1S/C13H20N4O/c1-10-6-16-12(17-7-10)15-4-2-11-3-5-18-13(11)8-14-9-13/h6-7,11,14H,2-5,8-9H2,1H3,(H,15,16,17)/t11-/m0/s1. The van der Waals surface area contributed by atoms with Gasteiger partial charge in [-0.15, -0.1) is 0 Å². The molecule has 0 bridgehead atoms. The molecule has 5 nitrogen and oxygen atoms in total. The Morgan fingerprint density at radius 2 is 2.22 bits per heavy atom. The van der Waals surface area contributed by atoms with Crippen LogP contribution in [0, 0.1) is 12.8 Å². The van der Waals surface area contributed by atoms with Crippen LogP contribution in [0.15, 0.2) is 12.4 Å². The molecule has 0 unspecified atom stereocenters. The topological polar surface area (TPSA) is 59.1 Å². The van der Waals surface area contributed by atoms with Gasteiger partial charge in [-0.25, -0.2) is 9.97 Å². The summed E-state index contributed by atoms with van der Waals surface area (Å²) < 4.78 is 5.89. The van der Waals surface area contributed by atoms with Gasteiger partial charge in [0.2, 0.25) is 5.95 Å². The predicted octanol–water partition coefficient (Wildman–Crippen LogP) is 0.966. The largest absolute Gasteiger partial charge is 0.372 e. The summed E-state index contributed by atoms with van der Waals surface area (Å²) in [4.78, 5) is 8.49. The zero-order valence-electron chi connectivity index (χ0n) is 10.8. The van der Waals surface area contributed by atoms with Crippen molar-refractivity contribution in [2.24, 2.45) is 5.92 Å². The number of ether oxygens (including phenoxy) is 1. The summed E-state index contributed by atoms with van der Waals surface area (Å²) >= 11 is 0. The number of anilines is 1. The molecule has 2 aliphatic rings. The summed E-state index contributed by atoms with van der Waals surface area (Å²) in [6.45, 7) is 5.84. The molecule has 1 aromatic heterocycles. The van der Waals surface area contributed by atoms with E-state index in [0.717, 1.165) is 44.2 Å². The second kappa shape index (κ2) is 4.82. The second-order valence-electron chi connectivity index (χ2n) is 5.30. The molecule has 2 saturated heterocycles. The Hall–Kier alpha value is -1.20. The van der Waals surface area contributed by atoms with E-state index >= 15 is 0 Å². The highest BCUT2D eigenvalue weighted by atomic mass is 16.5. The lowest BCUT2D eigenvalue weighted by Crippen LogP contribution is -2.62. The van der Waals surface area contributed by atoms with E-state index in [-0.39, 0.29) is 5.60 Å². The molecule has 0 amide bonds. The normalized spacial score (nSPS) is 25.1. The zero-order valence-corrected chi connectivity index (χ0v) is 10.8. The highest BCUT2D eigenvalue weighted by Gasteiger charge is 2.48. The van der Waals surface area contributed by atoms with Crippen LogP contribution >= 0.6 is 0 Å². The second-order valence-corrected chi connectivity index (χ2v) is 5.30.